The van der Waals surface area contributed by atoms with Gasteiger partial charge in [-0.2, -0.15) is 80.8 Å². The summed E-state index contributed by atoms with van der Waals surface area (Å²) in [5.41, 5.74) is 11.2. The third-order valence-electron chi connectivity index (χ3n) is 15.4. The smallest absolute Gasteiger partial charge is 0.293 e. The van der Waals surface area contributed by atoms with Gasteiger partial charge in [0, 0.05) is 117 Å². The van der Waals surface area contributed by atoms with E-state index in [1.807, 2.05) is 118 Å². The summed E-state index contributed by atoms with van der Waals surface area (Å²) < 4.78 is 115. The lowest BCUT2D eigenvalue weighted by atomic mass is 10.2. The molecule has 0 unspecified atom stereocenters. The van der Waals surface area contributed by atoms with Gasteiger partial charge in [-0.05, 0) is 193 Å². The molecule has 10 aromatic rings. The number of aliphatic imine (C=N–C) groups is 4. The van der Waals surface area contributed by atoms with Gasteiger partial charge in [-0.1, -0.05) is 21.3 Å². The van der Waals surface area contributed by atoms with Crippen LogP contribution in [0.1, 0.15) is 58.0 Å². The average Bonchev–Trinajstić information content (AvgIpc) is 1.61. The Morgan fingerprint density at radius 3 is 1.39 bits per heavy atom. The minimum absolute atomic E-state index is 0. The van der Waals surface area contributed by atoms with Crippen molar-refractivity contribution >= 4 is 244 Å². The summed E-state index contributed by atoms with van der Waals surface area (Å²) >= 11 is 12.1. The third kappa shape index (κ3) is 26.8. The van der Waals surface area contributed by atoms with E-state index >= 15 is 0 Å². The molecule has 6 aliphatic rings. The number of rotatable bonds is 12. The fraction of sp³-hybridized carbons (Fsp3) is 0.282. The molecular weight excluding hydrogens is 2170 g/mol. The summed E-state index contributed by atoms with van der Waals surface area (Å²) in [6.07, 6.45) is 23.2. The number of anilines is 2. The highest BCUT2D eigenvalue weighted by molar-refractivity contribution is 14.1. The molecule has 16 heterocycles. The van der Waals surface area contributed by atoms with Crippen LogP contribution >= 0.6 is 136 Å². The molecule has 16 rings (SSSR count). The molecular formula is C71H73BF7I6N24O5. The largest absolute Gasteiger partial charge is 0.468 e. The molecule has 0 spiro atoms. The van der Waals surface area contributed by atoms with Crippen molar-refractivity contribution in [3.8, 4) is 5.82 Å². The van der Waals surface area contributed by atoms with Crippen LogP contribution in [0.2, 0.25) is 0 Å². The molecule has 10 aromatic heterocycles. The standard InChI is InChI=1S/C15H17IN6O.C15H16IN5O.C10H7F2IN4.C10H6FIN4.C6H2F2INO.C5H2F2IN.C4H7N3.C3H6O2.C2H6.CH4.B/c1-10-9-23-6-5-21(10)13-7-12(16)11-8-18-22(15(11)19-13)14-3-4-17-20(14)2;1-10-9-22-5-4-20(10)14-6-13(16)12-8-18-21(15(12)19-14)11-2-3-17-7-11;11-9-3-8(13)7(10(12)16-9)5-15-17-6-1-2-14-4-6;11-9-3-8(12)7-5-14-16(10(7)15-9)6-1-2-13-4-6;7-5-1-4(9)3(2-11)6(8)10-5;6-4-1-3(8)2-5(7)9-4;5-7-4-1-2-6-3-4;1-2-5-3-4;1-2;;/h3-4,7-8,10H,5-6,9H2,1-2H3;2-3,6,8,10H,4-5,7,9H2,1H3;1-3,5,17H,4H2;1-3,5H,4H2;1-2H;1-2H;1-2,7H,3,5H2;3H,2H2,1H3;1-2H3;1H4;/b;;15-5-;;;;;;;;/t2*10-;;;;;;;;;/m11........./s1. The van der Waals surface area contributed by atoms with E-state index in [1.54, 1.807) is 76.0 Å². The number of pyridine rings is 6. The van der Waals surface area contributed by atoms with Gasteiger partial charge in [0.05, 0.1) is 147 Å². The normalized spacial score (nSPS) is 15.3. The lowest BCUT2D eigenvalue weighted by Crippen LogP contribution is -2.44. The first kappa shape index (κ1) is 94.9. The summed E-state index contributed by atoms with van der Waals surface area (Å²) in [6, 6.07) is 12.7. The first-order chi connectivity index (χ1) is 54.0. The second-order valence-electron chi connectivity index (χ2n) is 22.8. The van der Waals surface area contributed by atoms with Crippen molar-refractivity contribution in [3.05, 3.63) is 183 Å². The monoisotopic (exact) mass is 2250 g/mol. The molecule has 114 heavy (non-hydrogen) atoms. The Bertz CT molecular complexity index is 5120. The number of nitrogens with one attached hydrogen (secondary N) is 2. The molecule has 0 aromatic carbocycles. The molecule has 6 aliphatic heterocycles. The molecule has 0 saturated carbocycles. The highest BCUT2D eigenvalue weighted by Gasteiger charge is 2.25. The molecule has 2 fully saturated rings. The van der Waals surface area contributed by atoms with Crippen LogP contribution in [0.15, 0.2) is 134 Å². The van der Waals surface area contributed by atoms with Gasteiger partial charge in [-0.3, -0.25) is 45.5 Å². The summed E-state index contributed by atoms with van der Waals surface area (Å²) in [6.45, 7) is 18.1. The summed E-state index contributed by atoms with van der Waals surface area (Å²) in [4.78, 5) is 62.5. The van der Waals surface area contributed by atoms with Crippen LogP contribution in [0.3, 0.4) is 0 Å². The molecule has 29 nitrogen and oxygen atoms in total. The molecule has 2 atom stereocenters. The van der Waals surface area contributed by atoms with Crippen molar-refractivity contribution in [1.82, 2.24) is 79.9 Å². The van der Waals surface area contributed by atoms with Crippen LogP contribution < -0.4 is 26.5 Å². The van der Waals surface area contributed by atoms with Gasteiger partial charge in [0.25, 0.3) is 6.47 Å². The van der Waals surface area contributed by atoms with E-state index < -0.39 is 41.6 Å². The summed E-state index contributed by atoms with van der Waals surface area (Å²) in [5, 5.41) is 24.3. The van der Waals surface area contributed by atoms with Crippen molar-refractivity contribution in [2.45, 2.75) is 54.1 Å². The average molecular weight is 2250 g/mol. The first-order valence-corrected chi connectivity index (χ1v) is 40.0. The van der Waals surface area contributed by atoms with Gasteiger partial charge < -0.3 is 29.4 Å². The van der Waals surface area contributed by atoms with Crippen molar-refractivity contribution in [1.29, 1.82) is 0 Å². The van der Waals surface area contributed by atoms with E-state index in [0.717, 1.165) is 139 Å². The number of halogens is 13. The number of hydrogen-bond acceptors (Lipinski definition) is 25. The van der Waals surface area contributed by atoms with Gasteiger partial charge in [0.15, 0.2) is 29.0 Å². The maximum absolute atomic E-state index is 13.3. The topological polar surface area (TPSA) is 329 Å². The molecule has 43 heteroatoms. The minimum Gasteiger partial charge on any atom is -0.468 e. The zero-order valence-electron chi connectivity index (χ0n) is 60.7. The first-order valence-electron chi connectivity index (χ1n) is 33.5. The highest BCUT2D eigenvalue weighted by Crippen LogP contribution is 2.31. The number of hydrazone groups is 1. The zero-order valence-corrected chi connectivity index (χ0v) is 73.7. The maximum Gasteiger partial charge on any atom is 0.293 e. The number of nitrogens with zero attached hydrogens (tertiary/aromatic N) is 21. The number of morpholine rings is 2. The quantitative estimate of drug-likeness (QED) is 0.0149. The van der Waals surface area contributed by atoms with E-state index in [-0.39, 0.29) is 30.5 Å². The Labute approximate surface area is 734 Å². The minimum atomic E-state index is -1.07. The van der Waals surface area contributed by atoms with Crippen LogP contribution in [0.5, 0.6) is 0 Å². The Hall–Kier alpha value is -8.00. The Morgan fingerprint density at radius 2 is 0.991 bits per heavy atom. The number of fused-ring (bicyclic) bond motifs is 3. The molecule has 601 valence electrons. The molecule has 0 bridgehead atoms. The zero-order chi connectivity index (χ0) is 81.0. The molecule has 4 N–H and O–H groups in total. The predicted molar refractivity (Wildman–Crippen MR) is 478 cm³/mol. The third-order valence-corrected chi connectivity index (χ3v) is 20.4. The molecule has 3 radical (unpaired) electrons. The number of aldehydes is 1. The lowest BCUT2D eigenvalue weighted by molar-refractivity contribution is -0.128. The highest BCUT2D eigenvalue weighted by atomic mass is 127. The Morgan fingerprint density at radius 1 is 0.561 bits per heavy atom. The lowest BCUT2D eigenvalue weighted by Gasteiger charge is -2.34. The maximum atomic E-state index is 13.3. The van der Waals surface area contributed by atoms with E-state index in [2.05, 4.69) is 185 Å². The van der Waals surface area contributed by atoms with Crippen LogP contribution in [0.4, 0.5) is 42.4 Å². The number of ether oxygens (including phenoxy) is 3. The predicted octanol–water partition coefficient (Wildman–Crippen LogP) is 12.7. The number of aromatic nitrogens is 14. The van der Waals surface area contributed by atoms with Gasteiger partial charge in [0.2, 0.25) is 41.6 Å². The summed E-state index contributed by atoms with van der Waals surface area (Å²) in [5.74, 6) is 2.15. The number of nitrogens with two attached hydrogens (primary N) is 1. The van der Waals surface area contributed by atoms with Gasteiger partial charge >= 0.3 is 0 Å². The fourth-order valence-corrected chi connectivity index (χ4v) is 13.8. The Kier molecular flexibility index (Phi) is 39.8. The van der Waals surface area contributed by atoms with E-state index in [0.29, 0.717) is 70.4 Å². The van der Waals surface area contributed by atoms with Crippen molar-refractivity contribution in [3.63, 3.8) is 0 Å². The SMILES string of the molecule is C.CC.CCOC=O.C[C@@H]1COCCN1c1cc(I)c2cnn(-c3ccnn3C)c2n1.C[C@@H]1COCCN1c1cc(I)c2cnn(C3=CC=NC3)c2n1.Fc1cc(I)c(/C=N\NC2=CC=NC2)c(F)n1.Fc1cc(I)c2cnn(C3=CC=NC3)c2n1.Fc1cc(I)cc(F)n1.NNC1=CC=NC1.O=Cc1c(I)cc(F)nc1F.[B]. The number of hydrazine groups is 1. The molecule has 0 amide bonds. The van der Waals surface area contributed by atoms with E-state index in [1.165, 1.54) is 15.9 Å². The number of aryl methyl sites for hydroxylation is 1. The van der Waals surface area contributed by atoms with Crippen molar-refractivity contribution < 1.29 is 54.5 Å². The Balaban J connectivity index is 0.000000209. The van der Waals surface area contributed by atoms with Gasteiger partial charge in [-0.25, -0.2) is 19.3 Å². The fourth-order valence-electron chi connectivity index (χ4n) is 10.1. The van der Waals surface area contributed by atoms with Crippen LogP contribution in [-0.4, -0.2) is 206 Å². The van der Waals surface area contributed by atoms with E-state index in [9.17, 15) is 40.3 Å². The number of carbonyl (C=O) groups excluding carboxylic acids is 2. The van der Waals surface area contributed by atoms with Gasteiger partial charge in [0.1, 0.15) is 11.6 Å². The van der Waals surface area contributed by atoms with Crippen LogP contribution in [-0.2, 0) is 26.1 Å². The second-order valence-corrected chi connectivity index (χ2v) is 29.9. The number of carbonyl (C=O) groups is 2. The van der Waals surface area contributed by atoms with Crippen LogP contribution in [0.25, 0.3) is 50.3 Å². The van der Waals surface area contributed by atoms with Crippen LogP contribution in [0, 0.1) is 63.1 Å². The summed E-state index contributed by atoms with van der Waals surface area (Å²) in [7, 11) is 1.90. The van der Waals surface area contributed by atoms with E-state index in [4.69, 9.17) is 25.3 Å². The molecule has 2 saturated heterocycles. The van der Waals surface area contributed by atoms with Crippen molar-refractivity contribution in [2.24, 2.45) is 38.0 Å². The van der Waals surface area contributed by atoms with Crippen molar-refractivity contribution in [2.75, 3.05) is 82.1 Å². The molecule has 0 aliphatic carbocycles. The number of allylic oxidation sites excluding steroid dienone is 4. The van der Waals surface area contributed by atoms with Gasteiger partial charge in [-0.15, -0.1) is 0 Å². The second kappa shape index (κ2) is 47.9. The number of hydrogen-bond donors (Lipinski definition) is 3.